The quantitative estimate of drug-likeness (QED) is 0.911. The van der Waals surface area contributed by atoms with Gasteiger partial charge in [0.2, 0.25) is 0 Å². The zero-order valence-corrected chi connectivity index (χ0v) is 11.9. The molecule has 1 N–H and O–H groups in total. The first-order valence-electron chi connectivity index (χ1n) is 6.31. The third-order valence-corrected chi connectivity index (χ3v) is 3.53. The lowest BCUT2D eigenvalue weighted by molar-refractivity contribution is 0.199. The Labute approximate surface area is 119 Å². The second kappa shape index (κ2) is 6.09. The SMILES string of the molecule is C[C@H](O)c1ccccc1N(C)Cc1ccccc1Cl. The summed E-state index contributed by atoms with van der Waals surface area (Å²) < 4.78 is 0. The first kappa shape index (κ1) is 13.9. The standard InChI is InChI=1S/C16H18ClNO/c1-12(19)14-8-4-6-10-16(14)18(2)11-13-7-3-5-9-15(13)17/h3-10,12,19H,11H2,1-2H3/t12-/m0/s1. The topological polar surface area (TPSA) is 23.5 Å². The molecule has 2 aromatic carbocycles. The van der Waals surface area contributed by atoms with Crippen LogP contribution in [0.2, 0.25) is 5.02 Å². The summed E-state index contributed by atoms with van der Waals surface area (Å²) in [5.74, 6) is 0. The molecule has 2 rings (SSSR count). The van der Waals surface area contributed by atoms with Gasteiger partial charge in [-0.15, -0.1) is 0 Å². The van der Waals surface area contributed by atoms with Crippen molar-refractivity contribution in [2.24, 2.45) is 0 Å². The van der Waals surface area contributed by atoms with E-state index in [4.69, 9.17) is 11.6 Å². The number of anilines is 1. The molecule has 0 aliphatic rings. The molecule has 2 aromatic rings. The molecule has 0 fully saturated rings. The molecule has 3 heteroatoms. The summed E-state index contributed by atoms with van der Waals surface area (Å²) in [5.41, 5.74) is 3.03. The molecular weight excluding hydrogens is 258 g/mol. The minimum atomic E-state index is -0.482. The Hall–Kier alpha value is -1.51. The van der Waals surface area contributed by atoms with Crippen LogP contribution in [0.15, 0.2) is 48.5 Å². The predicted octanol–water partition coefficient (Wildman–Crippen LogP) is 4.03. The maximum atomic E-state index is 9.82. The summed E-state index contributed by atoms with van der Waals surface area (Å²) in [6.45, 7) is 2.49. The van der Waals surface area contributed by atoms with E-state index in [2.05, 4.69) is 4.90 Å². The minimum Gasteiger partial charge on any atom is -0.389 e. The van der Waals surface area contributed by atoms with Crippen molar-refractivity contribution < 1.29 is 5.11 Å². The van der Waals surface area contributed by atoms with Gasteiger partial charge in [-0.25, -0.2) is 0 Å². The number of benzene rings is 2. The number of para-hydroxylation sites is 1. The lowest BCUT2D eigenvalue weighted by Crippen LogP contribution is -2.18. The Morgan fingerprint density at radius 1 is 1.11 bits per heavy atom. The summed E-state index contributed by atoms with van der Waals surface area (Å²) in [6, 6.07) is 15.7. The molecule has 0 saturated heterocycles. The van der Waals surface area contributed by atoms with Crippen LogP contribution in [0.5, 0.6) is 0 Å². The number of aliphatic hydroxyl groups excluding tert-OH is 1. The minimum absolute atomic E-state index is 0.482. The van der Waals surface area contributed by atoms with Crippen LogP contribution in [0, 0.1) is 0 Å². The molecule has 1 atom stereocenters. The highest BCUT2D eigenvalue weighted by Crippen LogP contribution is 2.27. The van der Waals surface area contributed by atoms with Crippen molar-refractivity contribution in [3.8, 4) is 0 Å². The van der Waals surface area contributed by atoms with E-state index in [-0.39, 0.29) is 0 Å². The van der Waals surface area contributed by atoms with Crippen LogP contribution in [-0.4, -0.2) is 12.2 Å². The third kappa shape index (κ3) is 3.28. The van der Waals surface area contributed by atoms with Crippen LogP contribution in [0.1, 0.15) is 24.2 Å². The lowest BCUT2D eigenvalue weighted by Gasteiger charge is -2.24. The smallest absolute Gasteiger partial charge is 0.0781 e. The van der Waals surface area contributed by atoms with Crippen LogP contribution >= 0.6 is 11.6 Å². The highest BCUT2D eigenvalue weighted by molar-refractivity contribution is 6.31. The summed E-state index contributed by atoms with van der Waals surface area (Å²) in [5, 5.41) is 10.6. The first-order valence-corrected chi connectivity index (χ1v) is 6.69. The number of rotatable bonds is 4. The molecule has 0 amide bonds. The van der Waals surface area contributed by atoms with Gasteiger partial charge in [0, 0.05) is 29.9 Å². The van der Waals surface area contributed by atoms with Gasteiger partial charge in [-0.05, 0) is 24.6 Å². The fourth-order valence-corrected chi connectivity index (χ4v) is 2.35. The Kier molecular flexibility index (Phi) is 4.46. The Balaban J connectivity index is 2.26. The molecule has 0 aliphatic heterocycles. The zero-order valence-electron chi connectivity index (χ0n) is 11.2. The van der Waals surface area contributed by atoms with Gasteiger partial charge in [0.05, 0.1) is 6.10 Å². The van der Waals surface area contributed by atoms with Crippen molar-refractivity contribution in [2.75, 3.05) is 11.9 Å². The van der Waals surface area contributed by atoms with Crippen molar-refractivity contribution in [3.63, 3.8) is 0 Å². The molecule has 0 aliphatic carbocycles. The summed E-state index contributed by atoms with van der Waals surface area (Å²) >= 11 is 6.18. The normalized spacial score (nSPS) is 12.2. The van der Waals surface area contributed by atoms with E-state index in [0.717, 1.165) is 21.8 Å². The van der Waals surface area contributed by atoms with E-state index < -0.39 is 6.10 Å². The Bertz CT molecular complexity index is 554. The summed E-state index contributed by atoms with van der Waals surface area (Å²) in [4.78, 5) is 2.10. The van der Waals surface area contributed by atoms with E-state index in [9.17, 15) is 5.11 Å². The van der Waals surface area contributed by atoms with E-state index >= 15 is 0 Å². The van der Waals surface area contributed by atoms with Crippen molar-refractivity contribution in [1.29, 1.82) is 0 Å². The summed E-state index contributed by atoms with van der Waals surface area (Å²) in [6.07, 6.45) is -0.482. The van der Waals surface area contributed by atoms with E-state index in [1.54, 1.807) is 6.92 Å². The van der Waals surface area contributed by atoms with Crippen LogP contribution < -0.4 is 4.90 Å². The second-order valence-electron chi connectivity index (χ2n) is 4.68. The predicted molar refractivity (Wildman–Crippen MR) is 80.6 cm³/mol. The third-order valence-electron chi connectivity index (χ3n) is 3.16. The zero-order chi connectivity index (χ0) is 13.8. The molecule has 100 valence electrons. The van der Waals surface area contributed by atoms with Crippen LogP contribution in [0.3, 0.4) is 0 Å². The van der Waals surface area contributed by atoms with Gasteiger partial charge in [0.1, 0.15) is 0 Å². The molecule has 0 unspecified atom stereocenters. The average Bonchev–Trinajstić information content (AvgIpc) is 2.41. The lowest BCUT2D eigenvalue weighted by atomic mass is 10.1. The van der Waals surface area contributed by atoms with Crippen molar-refractivity contribution in [3.05, 3.63) is 64.7 Å². The molecule has 0 spiro atoms. The molecule has 0 aromatic heterocycles. The van der Waals surface area contributed by atoms with Crippen LogP contribution in [0.4, 0.5) is 5.69 Å². The van der Waals surface area contributed by atoms with Gasteiger partial charge >= 0.3 is 0 Å². The van der Waals surface area contributed by atoms with Crippen molar-refractivity contribution >= 4 is 17.3 Å². The monoisotopic (exact) mass is 275 g/mol. The van der Waals surface area contributed by atoms with Gasteiger partial charge in [0.15, 0.2) is 0 Å². The van der Waals surface area contributed by atoms with Gasteiger partial charge in [-0.2, -0.15) is 0 Å². The van der Waals surface area contributed by atoms with Gasteiger partial charge in [0.25, 0.3) is 0 Å². The fourth-order valence-electron chi connectivity index (χ4n) is 2.16. The number of nitrogens with zero attached hydrogens (tertiary/aromatic N) is 1. The molecule has 0 saturated carbocycles. The number of halogens is 1. The molecule has 0 radical (unpaired) electrons. The molecule has 19 heavy (non-hydrogen) atoms. The Morgan fingerprint density at radius 2 is 1.74 bits per heavy atom. The van der Waals surface area contributed by atoms with E-state index in [1.165, 1.54) is 0 Å². The largest absolute Gasteiger partial charge is 0.389 e. The molecule has 0 heterocycles. The van der Waals surface area contributed by atoms with Crippen LogP contribution in [0.25, 0.3) is 0 Å². The maximum Gasteiger partial charge on any atom is 0.0781 e. The summed E-state index contributed by atoms with van der Waals surface area (Å²) in [7, 11) is 2.00. The molecule has 2 nitrogen and oxygen atoms in total. The fraction of sp³-hybridized carbons (Fsp3) is 0.250. The van der Waals surface area contributed by atoms with E-state index in [0.29, 0.717) is 6.54 Å². The van der Waals surface area contributed by atoms with Crippen molar-refractivity contribution in [1.82, 2.24) is 0 Å². The second-order valence-corrected chi connectivity index (χ2v) is 5.09. The highest BCUT2D eigenvalue weighted by atomic mass is 35.5. The number of hydrogen-bond donors (Lipinski definition) is 1. The first-order chi connectivity index (χ1) is 9.09. The highest BCUT2D eigenvalue weighted by Gasteiger charge is 2.12. The van der Waals surface area contributed by atoms with Gasteiger partial charge < -0.3 is 10.0 Å². The molecule has 0 bridgehead atoms. The molecular formula is C16H18ClNO. The Morgan fingerprint density at radius 3 is 2.42 bits per heavy atom. The average molecular weight is 276 g/mol. The van der Waals surface area contributed by atoms with Gasteiger partial charge in [-0.1, -0.05) is 48.0 Å². The van der Waals surface area contributed by atoms with Gasteiger partial charge in [-0.3, -0.25) is 0 Å². The van der Waals surface area contributed by atoms with Crippen molar-refractivity contribution in [2.45, 2.75) is 19.6 Å². The maximum absolute atomic E-state index is 9.82. The number of hydrogen-bond acceptors (Lipinski definition) is 2. The number of aliphatic hydroxyl groups is 1. The van der Waals surface area contributed by atoms with Crippen LogP contribution in [-0.2, 0) is 6.54 Å². The van der Waals surface area contributed by atoms with E-state index in [1.807, 2.05) is 55.6 Å².